The van der Waals surface area contributed by atoms with Crippen LogP contribution >= 0.6 is 0 Å². The quantitative estimate of drug-likeness (QED) is 0.711. The summed E-state index contributed by atoms with van der Waals surface area (Å²) in [5.74, 6) is -0.705. The topological polar surface area (TPSA) is 29.5 Å². The number of likely N-dealkylation sites (N-methyl/N-ethyl adjacent to an activating group) is 1. The molecule has 0 radical (unpaired) electrons. The molecule has 3 nitrogen and oxygen atoms in total. The summed E-state index contributed by atoms with van der Waals surface area (Å²) < 4.78 is 17.9. The summed E-state index contributed by atoms with van der Waals surface area (Å²) in [5, 5.41) is 0. The fraction of sp³-hybridized carbons (Fsp3) is 0.364. The van der Waals surface area contributed by atoms with Crippen LogP contribution in [0.4, 0.5) is 10.1 Å². The second-order valence-corrected chi connectivity index (χ2v) is 3.04. The minimum atomic E-state index is -0.375. The molecule has 1 rings (SSSR count). The van der Waals surface area contributed by atoms with Crippen LogP contribution in [0.5, 0.6) is 0 Å². The van der Waals surface area contributed by atoms with Gasteiger partial charge in [-0.2, -0.15) is 0 Å². The van der Waals surface area contributed by atoms with Crippen molar-refractivity contribution in [3.8, 4) is 0 Å². The second kappa shape index (κ2) is 5.34. The molecule has 1 aromatic carbocycles. The number of para-hydroxylation sites is 1. The number of hydrogen-bond acceptors (Lipinski definition) is 3. The summed E-state index contributed by atoms with van der Waals surface area (Å²) in [4.78, 5) is 12.7. The van der Waals surface area contributed by atoms with Gasteiger partial charge >= 0.3 is 5.97 Å². The zero-order valence-corrected chi connectivity index (χ0v) is 8.87. The molecule has 0 saturated heterocycles. The van der Waals surface area contributed by atoms with Crippen molar-refractivity contribution in [2.45, 2.75) is 6.92 Å². The molecule has 0 N–H and O–H groups in total. The maximum absolute atomic E-state index is 13.4. The Bertz CT molecular complexity index is 341. The first kappa shape index (κ1) is 11.5. The molecular weight excluding hydrogens is 197 g/mol. The lowest BCUT2D eigenvalue weighted by atomic mass is 10.2. The van der Waals surface area contributed by atoms with Gasteiger partial charge in [0, 0.05) is 6.54 Å². The van der Waals surface area contributed by atoms with E-state index < -0.39 is 0 Å². The van der Waals surface area contributed by atoms with Crippen LogP contribution in [0.1, 0.15) is 6.92 Å². The molecular formula is C11H14FNO2. The molecule has 0 fully saturated rings. The van der Waals surface area contributed by atoms with Crippen LogP contribution in [0, 0.1) is 5.82 Å². The summed E-state index contributed by atoms with van der Waals surface area (Å²) in [6.45, 7) is 2.47. The lowest BCUT2D eigenvalue weighted by Crippen LogP contribution is -2.30. The van der Waals surface area contributed by atoms with Crippen LogP contribution in [0.25, 0.3) is 0 Å². The standard InChI is InChI=1S/C11H14FNO2/c1-3-13(8-11(14)15-2)10-7-5-4-6-9(10)12/h4-7H,3,8H2,1-2H3. The van der Waals surface area contributed by atoms with Crippen molar-refractivity contribution in [1.82, 2.24) is 0 Å². The maximum Gasteiger partial charge on any atom is 0.325 e. The van der Waals surface area contributed by atoms with Gasteiger partial charge in [0.15, 0.2) is 0 Å². The van der Waals surface area contributed by atoms with Gasteiger partial charge in [-0.25, -0.2) is 4.39 Å². The van der Waals surface area contributed by atoms with Gasteiger partial charge in [-0.15, -0.1) is 0 Å². The number of benzene rings is 1. The molecule has 0 atom stereocenters. The molecule has 0 spiro atoms. The third-order valence-corrected chi connectivity index (χ3v) is 2.12. The van der Waals surface area contributed by atoms with Gasteiger partial charge in [0.1, 0.15) is 12.4 Å². The average molecular weight is 211 g/mol. The average Bonchev–Trinajstić information content (AvgIpc) is 2.26. The lowest BCUT2D eigenvalue weighted by molar-refractivity contribution is -0.138. The minimum Gasteiger partial charge on any atom is -0.468 e. The minimum absolute atomic E-state index is 0.0634. The second-order valence-electron chi connectivity index (χ2n) is 3.04. The molecule has 0 aliphatic rings. The first-order chi connectivity index (χ1) is 7.19. The van der Waals surface area contributed by atoms with Crippen LogP contribution < -0.4 is 4.90 Å². The van der Waals surface area contributed by atoms with Gasteiger partial charge in [-0.3, -0.25) is 4.79 Å². The fourth-order valence-corrected chi connectivity index (χ4v) is 1.30. The maximum atomic E-state index is 13.4. The fourth-order valence-electron chi connectivity index (χ4n) is 1.30. The normalized spacial score (nSPS) is 9.80. The number of halogens is 1. The number of carbonyl (C=O) groups excluding carboxylic acids is 1. The van der Waals surface area contributed by atoms with E-state index in [1.54, 1.807) is 23.1 Å². The molecule has 0 aliphatic carbocycles. The highest BCUT2D eigenvalue weighted by molar-refractivity contribution is 5.75. The number of nitrogens with zero attached hydrogens (tertiary/aromatic N) is 1. The summed E-state index contributed by atoms with van der Waals surface area (Å²) in [5.41, 5.74) is 0.422. The SMILES string of the molecule is CCN(CC(=O)OC)c1ccccc1F. The van der Waals surface area contributed by atoms with Gasteiger partial charge < -0.3 is 9.64 Å². The van der Waals surface area contributed by atoms with Crippen LogP contribution in [0.2, 0.25) is 0 Å². The monoisotopic (exact) mass is 211 g/mol. The molecule has 0 aliphatic heterocycles. The van der Waals surface area contributed by atoms with E-state index >= 15 is 0 Å². The highest BCUT2D eigenvalue weighted by atomic mass is 19.1. The van der Waals surface area contributed by atoms with E-state index in [-0.39, 0.29) is 18.3 Å². The smallest absolute Gasteiger partial charge is 0.325 e. The molecule has 0 aromatic heterocycles. The first-order valence-electron chi connectivity index (χ1n) is 4.75. The van der Waals surface area contributed by atoms with Crippen molar-refractivity contribution in [1.29, 1.82) is 0 Å². The van der Waals surface area contributed by atoms with Crippen LogP contribution in [-0.4, -0.2) is 26.2 Å². The van der Waals surface area contributed by atoms with Crippen LogP contribution in [0.3, 0.4) is 0 Å². The van der Waals surface area contributed by atoms with Crippen molar-refractivity contribution in [2.75, 3.05) is 25.1 Å². The summed E-state index contributed by atoms with van der Waals surface area (Å²) in [7, 11) is 1.32. The predicted molar refractivity (Wildman–Crippen MR) is 56.3 cm³/mol. The van der Waals surface area contributed by atoms with Crippen LogP contribution in [-0.2, 0) is 9.53 Å². The van der Waals surface area contributed by atoms with Crippen molar-refractivity contribution in [2.24, 2.45) is 0 Å². The Morgan fingerprint density at radius 3 is 2.67 bits per heavy atom. The Kier molecular flexibility index (Phi) is 4.09. The summed E-state index contributed by atoms with van der Waals surface area (Å²) >= 11 is 0. The molecule has 0 bridgehead atoms. The molecule has 0 unspecified atom stereocenters. The van der Waals surface area contributed by atoms with Gasteiger partial charge in [-0.05, 0) is 19.1 Å². The van der Waals surface area contributed by atoms with Crippen LogP contribution in [0.15, 0.2) is 24.3 Å². The van der Waals surface area contributed by atoms with Gasteiger partial charge in [0.05, 0.1) is 12.8 Å². The number of anilines is 1. The Morgan fingerprint density at radius 2 is 2.13 bits per heavy atom. The van der Waals surface area contributed by atoms with Gasteiger partial charge in [0.25, 0.3) is 0 Å². The molecule has 0 saturated carbocycles. The summed E-state index contributed by atoms with van der Waals surface area (Å²) in [6, 6.07) is 6.36. The molecule has 1 aromatic rings. The summed E-state index contributed by atoms with van der Waals surface area (Å²) in [6.07, 6.45) is 0. The van der Waals surface area contributed by atoms with Gasteiger partial charge in [0.2, 0.25) is 0 Å². The highest BCUT2D eigenvalue weighted by Crippen LogP contribution is 2.17. The van der Waals surface area contributed by atoms with E-state index in [0.29, 0.717) is 12.2 Å². The van der Waals surface area contributed by atoms with E-state index in [0.717, 1.165) is 0 Å². The largest absolute Gasteiger partial charge is 0.468 e. The molecule has 82 valence electrons. The number of methoxy groups -OCH3 is 1. The number of esters is 1. The van der Waals surface area contributed by atoms with Crippen molar-refractivity contribution in [3.63, 3.8) is 0 Å². The van der Waals surface area contributed by atoms with Crippen molar-refractivity contribution < 1.29 is 13.9 Å². The number of ether oxygens (including phenoxy) is 1. The highest BCUT2D eigenvalue weighted by Gasteiger charge is 2.12. The van der Waals surface area contributed by atoms with E-state index in [1.165, 1.54) is 13.2 Å². The Morgan fingerprint density at radius 1 is 1.47 bits per heavy atom. The van der Waals surface area contributed by atoms with E-state index in [4.69, 9.17) is 0 Å². The Balaban J connectivity index is 2.83. The Labute approximate surface area is 88.5 Å². The lowest BCUT2D eigenvalue weighted by Gasteiger charge is -2.21. The third kappa shape index (κ3) is 2.94. The molecule has 0 heterocycles. The number of hydrogen-bond donors (Lipinski definition) is 0. The van der Waals surface area contributed by atoms with E-state index in [2.05, 4.69) is 4.74 Å². The number of rotatable bonds is 4. The van der Waals surface area contributed by atoms with E-state index in [1.807, 2.05) is 6.92 Å². The van der Waals surface area contributed by atoms with Crippen molar-refractivity contribution in [3.05, 3.63) is 30.1 Å². The zero-order valence-electron chi connectivity index (χ0n) is 8.87. The first-order valence-corrected chi connectivity index (χ1v) is 4.75. The van der Waals surface area contributed by atoms with Crippen molar-refractivity contribution >= 4 is 11.7 Å². The number of carbonyl (C=O) groups is 1. The molecule has 0 amide bonds. The predicted octanol–water partition coefficient (Wildman–Crippen LogP) is 1.83. The molecule has 15 heavy (non-hydrogen) atoms. The molecule has 4 heteroatoms. The van der Waals surface area contributed by atoms with E-state index in [9.17, 15) is 9.18 Å². The zero-order chi connectivity index (χ0) is 11.3. The Hall–Kier alpha value is -1.58. The van der Waals surface area contributed by atoms with Gasteiger partial charge in [-0.1, -0.05) is 12.1 Å². The third-order valence-electron chi connectivity index (χ3n) is 2.12.